The highest BCUT2D eigenvalue weighted by atomic mass is 35.5. The lowest BCUT2D eigenvalue weighted by Gasteiger charge is -2.19. The zero-order valence-corrected chi connectivity index (χ0v) is 16.4. The fourth-order valence-electron chi connectivity index (χ4n) is 2.57. The second-order valence-electron chi connectivity index (χ2n) is 7.19. The normalized spacial score (nSPS) is 12.3. The predicted molar refractivity (Wildman–Crippen MR) is 103 cm³/mol. The second kappa shape index (κ2) is 6.89. The van der Waals surface area contributed by atoms with Crippen LogP contribution in [0.1, 0.15) is 32.0 Å². The van der Waals surface area contributed by atoms with Gasteiger partial charge in [-0.2, -0.15) is 0 Å². The molecule has 0 unspecified atom stereocenters. The second-order valence-corrected chi connectivity index (χ2v) is 9.61. The number of benzene rings is 2. The van der Waals surface area contributed by atoms with Crippen LogP contribution < -0.4 is 0 Å². The van der Waals surface area contributed by atoms with Crippen molar-refractivity contribution in [1.82, 2.24) is 4.98 Å². The van der Waals surface area contributed by atoms with Crippen molar-refractivity contribution in [3.05, 3.63) is 71.1 Å². The molecule has 0 atom stereocenters. The van der Waals surface area contributed by atoms with Crippen molar-refractivity contribution in [2.45, 2.75) is 36.8 Å². The van der Waals surface area contributed by atoms with Crippen LogP contribution in [0.25, 0.3) is 11.5 Å². The monoisotopic (exact) mass is 389 g/mol. The summed E-state index contributed by atoms with van der Waals surface area (Å²) in [7, 11) is -3.50. The molecule has 0 aliphatic carbocycles. The SMILES string of the molecule is CC(C)(C)c1ccc(S(=O)(=O)Cc2coc(-c3cccc(Cl)c3)n2)cc1. The van der Waals surface area contributed by atoms with E-state index in [4.69, 9.17) is 16.0 Å². The molecule has 0 saturated heterocycles. The van der Waals surface area contributed by atoms with Crippen LogP contribution in [-0.2, 0) is 21.0 Å². The molecule has 26 heavy (non-hydrogen) atoms. The summed E-state index contributed by atoms with van der Waals surface area (Å²) in [6, 6.07) is 14.1. The van der Waals surface area contributed by atoms with E-state index in [0.29, 0.717) is 22.2 Å². The molecule has 0 aliphatic heterocycles. The van der Waals surface area contributed by atoms with Gasteiger partial charge >= 0.3 is 0 Å². The van der Waals surface area contributed by atoms with E-state index in [0.717, 1.165) is 5.56 Å². The molecule has 3 rings (SSSR count). The fourth-order valence-corrected chi connectivity index (χ4v) is 4.00. The number of aromatic nitrogens is 1. The average Bonchev–Trinajstić information content (AvgIpc) is 3.02. The van der Waals surface area contributed by atoms with E-state index in [9.17, 15) is 8.42 Å². The number of sulfone groups is 1. The van der Waals surface area contributed by atoms with Crippen LogP contribution in [0.3, 0.4) is 0 Å². The van der Waals surface area contributed by atoms with Gasteiger partial charge in [-0.3, -0.25) is 0 Å². The number of halogens is 1. The van der Waals surface area contributed by atoms with Gasteiger partial charge in [0.05, 0.1) is 10.6 Å². The van der Waals surface area contributed by atoms with Gasteiger partial charge in [0.1, 0.15) is 12.0 Å². The predicted octanol–water partition coefficient (Wildman–Crippen LogP) is 5.27. The Morgan fingerprint density at radius 3 is 2.38 bits per heavy atom. The number of oxazole rings is 1. The molecule has 0 spiro atoms. The van der Waals surface area contributed by atoms with Gasteiger partial charge in [-0.25, -0.2) is 13.4 Å². The lowest BCUT2D eigenvalue weighted by molar-refractivity contribution is 0.571. The van der Waals surface area contributed by atoms with Gasteiger partial charge in [-0.05, 0) is 41.3 Å². The Balaban J connectivity index is 1.82. The van der Waals surface area contributed by atoms with E-state index in [1.54, 1.807) is 36.4 Å². The van der Waals surface area contributed by atoms with Gasteiger partial charge in [0.25, 0.3) is 0 Å². The maximum Gasteiger partial charge on any atom is 0.226 e. The van der Waals surface area contributed by atoms with Crippen molar-refractivity contribution in [2.75, 3.05) is 0 Å². The first-order chi connectivity index (χ1) is 12.1. The van der Waals surface area contributed by atoms with E-state index in [1.165, 1.54) is 6.26 Å². The van der Waals surface area contributed by atoms with Crippen molar-refractivity contribution < 1.29 is 12.8 Å². The Hall–Kier alpha value is -2.11. The Bertz CT molecular complexity index is 1020. The topological polar surface area (TPSA) is 60.2 Å². The van der Waals surface area contributed by atoms with Crippen LogP contribution in [0.15, 0.2) is 64.1 Å². The van der Waals surface area contributed by atoms with Gasteiger partial charge in [-0.15, -0.1) is 0 Å². The molecular formula is C20H20ClNO3S. The third-order valence-corrected chi connectivity index (χ3v) is 5.94. The molecule has 0 bridgehead atoms. The molecule has 0 N–H and O–H groups in total. The summed E-state index contributed by atoms with van der Waals surface area (Å²) in [6.45, 7) is 6.26. The number of nitrogens with zero attached hydrogens (tertiary/aromatic N) is 1. The Morgan fingerprint density at radius 2 is 1.77 bits per heavy atom. The molecule has 0 saturated carbocycles. The highest BCUT2D eigenvalue weighted by Crippen LogP contribution is 2.26. The van der Waals surface area contributed by atoms with Crippen molar-refractivity contribution >= 4 is 21.4 Å². The fraction of sp³-hybridized carbons (Fsp3) is 0.250. The number of rotatable bonds is 4. The molecule has 6 heteroatoms. The maximum absolute atomic E-state index is 12.7. The first kappa shape index (κ1) is 18.7. The quantitative estimate of drug-likeness (QED) is 0.610. The summed E-state index contributed by atoms with van der Waals surface area (Å²) in [6.07, 6.45) is 1.37. The molecule has 0 amide bonds. The molecule has 3 aromatic rings. The van der Waals surface area contributed by atoms with E-state index >= 15 is 0 Å². The minimum atomic E-state index is -3.50. The van der Waals surface area contributed by atoms with Crippen LogP contribution in [0.4, 0.5) is 0 Å². The highest BCUT2D eigenvalue weighted by Gasteiger charge is 2.20. The van der Waals surface area contributed by atoms with E-state index in [1.807, 2.05) is 12.1 Å². The van der Waals surface area contributed by atoms with Crippen LogP contribution in [0.5, 0.6) is 0 Å². The molecule has 0 aliphatic rings. The van der Waals surface area contributed by atoms with E-state index in [2.05, 4.69) is 25.8 Å². The third kappa shape index (κ3) is 4.17. The molecular weight excluding hydrogens is 370 g/mol. The maximum atomic E-state index is 12.7. The summed E-state index contributed by atoms with van der Waals surface area (Å²) in [5, 5.41) is 0.564. The minimum absolute atomic E-state index is 0.0275. The molecule has 0 radical (unpaired) electrons. The molecule has 1 aromatic heterocycles. The van der Waals surface area contributed by atoms with Gasteiger partial charge in [-0.1, -0.05) is 50.6 Å². The third-order valence-electron chi connectivity index (χ3n) is 4.04. The standard InChI is InChI=1S/C20H20ClNO3S/c1-20(2,3)15-7-9-18(10-8-15)26(23,24)13-17-12-25-19(22-17)14-5-4-6-16(21)11-14/h4-12H,13H2,1-3H3. The first-order valence-corrected chi connectivity index (χ1v) is 10.2. The summed E-state index contributed by atoms with van der Waals surface area (Å²) in [4.78, 5) is 4.56. The summed E-state index contributed by atoms with van der Waals surface area (Å²) in [5.41, 5.74) is 2.12. The van der Waals surface area contributed by atoms with Gasteiger partial charge in [0.15, 0.2) is 9.84 Å². The van der Waals surface area contributed by atoms with Gasteiger partial charge in [0, 0.05) is 10.6 Å². The highest BCUT2D eigenvalue weighted by molar-refractivity contribution is 7.90. The Labute approximate surface area is 158 Å². The largest absolute Gasteiger partial charge is 0.444 e. The van der Waals surface area contributed by atoms with Crippen molar-refractivity contribution in [2.24, 2.45) is 0 Å². The zero-order valence-electron chi connectivity index (χ0n) is 14.9. The molecule has 0 fully saturated rings. The van der Waals surface area contributed by atoms with Crippen molar-refractivity contribution in [1.29, 1.82) is 0 Å². The van der Waals surface area contributed by atoms with Crippen LogP contribution in [0.2, 0.25) is 5.02 Å². The van der Waals surface area contributed by atoms with E-state index < -0.39 is 9.84 Å². The molecule has 2 aromatic carbocycles. The number of hydrogen-bond donors (Lipinski definition) is 0. The lowest BCUT2D eigenvalue weighted by atomic mass is 9.87. The van der Waals surface area contributed by atoms with Crippen molar-refractivity contribution in [3.8, 4) is 11.5 Å². The van der Waals surface area contributed by atoms with Crippen LogP contribution in [0, 0.1) is 0 Å². The zero-order chi connectivity index (χ0) is 18.9. The summed E-state index contributed by atoms with van der Waals surface area (Å²) < 4.78 is 30.7. The molecule has 136 valence electrons. The van der Waals surface area contributed by atoms with E-state index in [-0.39, 0.29) is 16.1 Å². The van der Waals surface area contributed by atoms with Crippen LogP contribution >= 0.6 is 11.6 Å². The van der Waals surface area contributed by atoms with Gasteiger partial charge < -0.3 is 4.42 Å². The smallest absolute Gasteiger partial charge is 0.226 e. The molecule has 1 heterocycles. The summed E-state index contributed by atoms with van der Waals surface area (Å²) >= 11 is 5.97. The van der Waals surface area contributed by atoms with Crippen molar-refractivity contribution in [3.63, 3.8) is 0 Å². The summed E-state index contributed by atoms with van der Waals surface area (Å²) in [5.74, 6) is 0.132. The average molecular weight is 390 g/mol. The number of hydrogen-bond acceptors (Lipinski definition) is 4. The lowest BCUT2D eigenvalue weighted by Crippen LogP contribution is -2.11. The van der Waals surface area contributed by atoms with Crippen LogP contribution in [-0.4, -0.2) is 13.4 Å². The minimum Gasteiger partial charge on any atom is -0.444 e. The molecule has 4 nitrogen and oxygen atoms in total. The van der Waals surface area contributed by atoms with Gasteiger partial charge in [0.2, 0.25) is 5.89 Å². The Morgan fingerprint density at radius 1 is 1.08 bits per heavy atom. The Kier molecular flexibility index (Phi) is 4.95. The first-order valence-electron chi connectivity index (χ1n) is 8.19.